The van der Waals surface area contributed by atoms with Crippen molar-refractivity contribution in [2.75, 3.05) is 13.1 Å². The summed E-state index contributed by atoms with van der Waals surface area (Å²) in [6, 6.07) is 7.20. The lowest BCUT2D eigenvalue weighted by Crippen LogP contribution is -2.68. The van der Waals surface area contributed by atoms with Crippen LogP contribution in [0, 0.1) is 19.8 Å². The molecule has 8 rings (SSSR count). The van der Waals surface area contributed by atoms with E-state index in [-0.39, 0.29) is 17.4 Å². The van der Waals surface area contributed by atoms with Gasteiger partial charge in [0.25, 0.3) is 11.8 Å². The summed E-state index contributed by atoms with van der Waals surface area (Å²) >= 11 is 0. The molecule has 3 saturated carbocycles. The van der Waals surface area contributed by atoms with E-state index in [0.29, 0.717) is 52.6 Å². The molecule has 0 unspecified atom stereocenters. The molecule has 184 valence electrons. The fourth-order valence-corrected chi connectivity index (χ4v) is 5.92. The van der Waals surface area contributed by atoms with Crippen LogP contribution in [-0.2, 0) is 0 Å². The van der Waals surface area contributed by atoms with E-state index in [1.165, 1.54) is 0 Å². The molecule has 9 heteroatoms. The average Bonchev–Trinajstić information content (AvgIpc) is 3.29. The number of aryl methyl sites for hydroxylation is 2. The van der Waals surface area contributed by atoms with Crippen molar-refractivity contribution in [3.63, 3.8) is 0 Å². The lowest BCUT2D eigenvalue weighted by atomic mass is 9.50. The number of aliphatic hydroxyl groups is 1. The molecule has 0 atom stereocenters. The number of β-amino-alcohol motifs (C(OH)–C–C–N with tert-alkyl or cyclic N) is 1. The van der Waals surface area contributed by atoms with Gasteiger partial charge in [0.05, 0.1) is 23.4 Å². The van der Waals surface area contributed by atoms with Gasteiger partial charge in [0.2, 0.25) is 0 Å². The van der Waals surface area contributed by atoms with Gasteiger partial charge in [-0.05, 0) is 56.7 Å². The van der Waals surface area contributed by atoms with Crippen molar-refractivity contribution in [3.05, 3.63) is 59.1 Å². The molecule has 4 fully saturated rings. The standard InChI is InChI=1S/C27H26N4O5/c1-14-20(26(34)30-11-17(32)12-30)13-31-24(14)21(5-6-28-31)36-18-3-4-19-22(7-18)35-15(2)23(19)25(33)29-27-8-16(9-27)10-27/h3-7,13,16-17,32H,8-12H2,1-2H3,(H,29,33). The van der Waals surface area contributed by atoms with Crippen molar-refractivity contribution in [2.24, 2.45) is 5.92 Å². The zero-order valence-corrected chi connectivity index (χ0v) is 20.1. The maximum Gasteiger partial charge on any atom is 0.255 e. The minimum absolute atomic E-state index is 0.00168. The molecule has 1 aliphatic heterocycles. The van der Waals surface area contributed by atoms with Crippen LogP contribution in [0.15, 0.2) is 41.1 Å². The van der Waals surface area contributed by atoms with Crippen molar-refractivity contribution in [1.82, 2.24) is 19.8 Å². The highest BCUT2D eigenvalue weighted by atomic mass is 16.5. The summed E-state index contributed by atoms with van der Waals surface area (Å²) < 4.78 is 13.8. The number of hydrogen-bond donors (Lipinski definition) is 2. The Morgan fingerprint density at radius 2 is 1.97 bits per heavy atom. The van der Waals surface area contributed by atoms with E-state index in [2.05, 4.69) is 10.4 Å². The molecule has 2 amide bonds. The first-order valence-corrected chi connectivity index (χ1v) is 12.3. The Morgan fingerprint density at radius 3 is 2.67 bits per heavy atom. The second-order valence-corrected chi connectivity index (χ2v) is 10.5. The highest BCUT2D eigenvalue weighted by molar-refractivity contribution is 6.08. The number of nitrogens with zero attached hydrogens (tertiary/aromatic N) is 3. The van der Waals surface area contributed by atoms with Gasteiger partial charge < -0.3 is 24.5 Å². The van der Waals surface area contributed by atoms with Gasteiger partial charge in [0.15, 0.2) is 5.75 Å². The van der Waals surface area contributed by atoms with Gasteiger partial charge >= 0.3 is 0 Å². The second-order valence-electron chi connectivity index (χ2n) is 10.5. The van der Waals surface area contributed by atoms with Crippen molar-refractivity contribution < 1.29 is 23.8 Å². The quantitative estimate of drug-likeness (QED) is 0.446. The topological polar surface area (TPSA) is 109 Å². The minimum Gasteiger partial charge on any atom is -0.460 e. The summed E-state index contributed by atoms with van der Waals surface area (Å²) in [4.78, 5) is 27.5. The van der Waals surface area contributed by atoms with Gasteiger partial charge in [-0.1, -0.05) is 0 Å². The Balaban J connectivity index is 1.18. The number of carbonyl (C=O) groups is 2. The maximum atomic E-state index is 13.0. The molecule has 0 spiro atoms. The molecule has 4 aliphatic rings. The fourth-order valence-electron chi connectivity index (χ4n) is 5.92. The number of aromatic nitrogens is 2. The number of likely N-dealkylation sites (tertiary alicyclic amines) is 1. The van der Waals surface area contributed by atoms with E-state index >= 15 is 0 Å². The number of amides is 2. The van der Waals surface area contributed by atoms with Gasteiger partial charge in [0.1, 0.15) is 22.6 Å². The number of aliphatic hydroxyl groups excluding tert-OH is 1. The van der Waals surface area contributed by atoms with E-state index in [4.69, 9.17) is 9.15 Å². The van der Waals surface area contributed by atoms with E-state index in [0.717, 1.165) is 36.1 Å². The second kappa shape index (κ2) is 7.33. The Hall–Kier alpha value is -3.85. The van der Waals surface area contributed by atoms with Crippen molar-refractivity contribution in [3.8, 4) is 11.5 Å². The van der Waals surface area contributed by atoms with Gasteiger partial charge in [0, 0.05) is 42.3 Å². The predicted octanol–water partition coefficient (Wildman–Crippen LogP) is 3.59. The third-order valence-electron chi connectivity index (χ3n) is 7.98. The number of fused-ring (bicyclic) bond motifs is 2. The third kappa shape index (κ3) is 3.08. The molecule has 4 aromatic rings. The normalized spacial score (nSPS) is 22.8. The number of benzene rings is 1. The first kappa shape index (κ1) is 21.4. The number of carbonyl (C=O) groups excluding carboxylic acids is 2. The Labute approximate surface area is 206 Å². The van der Waals surface area contributed by atoms with Crippen molar-refractivity contribution in [1.29, 1.82) is 0 Å². The van der Waals surface area contributed by atoms with E-state index in [1.54, 1.807) is 33.9 Å². The maximum absolute atomic E-state index is 13.0. The van der Waals surface area contributed by atoms with E-state index in [9.17, 15) is 14.7 Å². The molecule has 3 aliphatic carbocycles. The van der Waals surface area contributed by atoms with Crippen LogP contribution in [0.3, 0.4) is 0 Å². The van der Waals surface area contributed by atoms with Crippen LogP contribution in [0.4, 0.5) is 0 Å². The molecule has 4 heterocycles. The predicted molar refractivity (Wildman–Crippen MR) is 130 cm³/mol. The number of nitrogens with one attached hydrogen (secondary N) is 1. The molecule has 9 nitrogen and oxygen atoms in total. The third-order valence-corrected chi connectivity index (χ3v) is 7.98. The van der Waals surface area contributed by atoms with Crippen LogP contribution in [-0.4, -0.2) is 56.2 Å². The molecule has 1 aromatic carbocycles. The Kier molecular flexibility index (Phi) is 4.36. The van der Waals surface area contributed by atoms with Crippen LogP contribution in [0.25, 0.3) is 16.5 Å². The summed E-state index contributed by atoms with van der Waals surface area (Å²) in [6.45, 7) is 4.35. The Bertz CT molecular complexity index is 1560. The highest BCUT2D eigenvalue weighted by Crippen LogP contribution is 2.57. The van der Waals surface area contributed by atoms with Gasteiger partial charge in [-0.15, -0.1) is 0 Å². The molecule has 3 aromatic heterocycles. The van der Waals surface area contributed by atoms with Crippen molar-refractivity contribution in [2.45, 2.75) is 44.8 Å². The van der Waals surface area contributed by atoms with Crippen molar-refractivity contribution >= 4 is 28.3 Å². The van der Waals surface area contributed by atoms with Gasteiger partial charge in [-0.2, -0.15) is 5.10 Å². The summed E-state index contributed by atoms with van der Waals surface area (Å²) in [5.41, 5.74) is 3.13. The number of furan rings is 1. The van der Waals surface area contributed by atoms with Crippen LogP contribution in [0.5, 0.6) is 11.5 Å². The van der Waals surface area contributed by atoms with Gasteiger partial charge in [-0.25, -0.2) is 4.52 Å². The minimum atomic E-state index is -0.460. The smallest absolute Gasteiger partial charge is 0.255 e. The summed E-state index contributed by atoms with van der Waals surface area (Å²) in [5, 5.41) is 17.9. The number of ether oxygens (including phenoxy) is 1. The van der Waals surface area contributed by atoms with Crippen LogP contribution in [0.2, 0.25) is 0 Å². The van der Waals surface area contributed by atoms with E-state index in [1.807, 2.05) is 26.0 Å². The average molecular weight is 487 g/mol. The highest BCUT2D eigenvalue weighted by Gasteiger charge is 2.57. The van der Waals surface area contributed by atoms with Gasteiger partial charge in [-0.3, -0.25) is 9.59 Å². The summed E-state index contributed by atoms with van der Waals surface area (Å²) in [5.74, 6) is 2.26. The molecular weight excluding hydrogens is 460 g/mol. The first-order valence-electron chi connectivity index (χ1n) is 12.3. The zero-order valence-electron chi connectivity index (χ0n) is 20.1. The Morgan fingerprint density at radius 1 is 1.19 bits per heavy atom. The summed E-state index contributed by atoms with van der Waals surface area (Å²) in [7, 11) is 0. The molecule has 2 N–H and O–H groups in total. The van der Waals surface area contributed by atoms with Crippen LogP contribution < -0.4 is 10.1 Å². The lowest BCUT2D eigenvalue weighted by molar-refractivity contribution is -0.0438. The molecule has 2 bridgehead atoms. The van der Waals surface area contributed by atoms with Crippen LogP contribution >= 0.6 is 0 Å². The molecule has 0 radical (unpaired) electrons. The number of hydrogen-bond acceptors (Lipinski definition) is 6. The fraction of sp³-hybridized carbons (Fsp3) is 0.370. The monoisotopic (exact) mass is 486 g/mol. The van der Waals surface area contributed by atoms with E-state index < -0.39 is 6.10 Å². The molecule has 36 heavy (non-hydrogen) atoms. The lowest BCUT2D eigenvalue weighted by Gasteiger charge is -2.61. The molecule has 1 saturated heterocycles. The summed E-state index contributed by atoms with van der Waals surface area (Å²) in [6.07, 6.45) is 6.10. The van der Waals surface area contributed by atoms with Crippen LogP contribution in [0.1, 0.15) is 51.3 Å². The zero-order chi connectivity index (χ0) is 24.8. The number of rotatable bonds is 5. The first-order chi connectivity index (χ1) is 17.3. The largest absolute Gasteiger partial charge is 0.460 e. The SMILES string of the molecule is Cc1oc2cc(Oc3ccnn4cc(C(=O)N5CC(O)C5)c(C)c34)ccc2c1C(=O)NC12CC(C1)C2. The molecular formula is C27H26N4O5.